The van der Waals surface area contributed by atoms with E-state index in [1.807, 2.05) is 30.3 Å². The van der Waals surface area contributed by atoms with E-state index in [1.165, 1.54) is 0 Å². The summed E-state index contributed by atoms with van der Waals surface area (Å²) >= 11 is 0. The number of nitrogens with zero attached hydrogens (tertiary/aromatic N) is 1. The molecular formula is C31H32N4O5. The number of rotatable bonds is 9. The summed E-state index contributed by atoms with van der Waals surface area (Å²) in [6.45, 7) is 8.69. The topological polar surface area (TPSA) is 131 Å². The van der Waals surface area contributed by atoms with Crippen molar-refractivity contribution in [3.8, 4) is 12.5 Å². The Labute approximate surface area is 233 Å². The van der Waals surface area contributed by atoms with Gasteiger partial charge in [-0.3, -0.25) is 19.3 Å². The maximum atomic E-state index is 13.8. The Bertz CT molecular complexity index is 1480. The third kappa shape index (κ3) is 7.71. The third-order valence-electron chi connectivity index (χ3n) is 5.76. The molecule has 0 saturated carbocycles. The zero-order valence-electron chi connectivity index (χ0n) is 22.6. The highest BCUT2D eigenvalue weighted by Crippen LogP contribution is 2.26. The van der Waals surface area contributed by atoms with Crippen molar-refractivity contribution in [3.05, 3.63) is 84.4 Å². The van der Waals surface area contributed by atoms with E-state index in [0.717, 1.165) is 15.7 Å². The molecule has 40 heavy (non-hydrogen) atoms. The van der Waals surface area contributed by atoms with Crippen LogP contribution in [0, 0.1) is 12.5 Å². The number of ether oxygens (including phenoxy) is 1. The van der Waals surface area contributed by atoms with Gasteiger partial charge in [0.15, 0.2) is 0 Å². The highest BCUT2D eigenvalue weighted by atomic mass is 16.6. The average Bonchev–Trinajstić information content (AvgIpc) is 2.89. The van der Waals surface area contributed by atoms with Gasteiger partial charge in [-0.15, -0.1) is 0 Å². The molecule has 206 valence electrons. The Morgan fingerprint density at radius 1 is 1.05 bits per heavy atom. The van der Waals surface area contributed by atoms with Gasteiger partial charge in [0.05, 0.1) is 6.42 Å². The molecule has 0 bridgehead atoms. The van der Waals surface area contributed by atoms with Crippen LogP contribution in [0.15, 0.2) is 73.3 Å². The minimum Gasteiger partial charge on any atom is -0.444 e. The normalized spacial score (nSPS) is 12.3. The number of alkyl carbamates (subject to hydrolysis) is 1. The number of primary amides is 1. The van der Waals surface area contributed by atoms with Gasteiger partial charge < -0.3 is 21.1 Å². The highest BCUT2D eigenvalue weighted by molar-refractivity contribution is 6.01. The molecule has 4 N–H and O–H groups in total. The van der Waals surface area contributed by atoms with E-state index in [4.69, 9.17) is 16.9 Å². The number of carbonyl (C=O) groups excluding carboxylic acids is 4. The number of fused-ring (bicyclic) bond motifs is 1. The van der Waals surface area contributed by atoms with Gasteiger partial charge in [-0.25, -0.2) is 4.79 Å². The summed E-state index contributed by atoms with van der Waals surface area (Å²) in [4.78, 5) is 52.6. The van der Waals surface area contributed by atoms with Gasteiger partial charge in [0.1, 0.15) is 17.7 Å². The summed E-state index contributed by atoms with van der Waals surface area (Å²) in [7, 11) is 0. The van der Waals surface area contributed by atoms with Crippen molar-refractivity contribution in [2.45, 2.75) is 44.9 Å². The van der Waals surface area contributed by atoms with Crippen molar-refractivity contribution in [1.29, 1.82) is 0 Å². The van der Waals surface area contributed by atoms with Crippen LogP contribution >= 0.6 is 0 Å². The van der Waals surface area contributed by atoms with Crippen LogP contribution in [0.5, 0.6) is 0 Å². The second-order valence-corrected chi connectivity index (χ2v) is 10.0. The Kier molecular flexibility index (Phi) is 9.30. The number of nitrogens with one attached hydrogen (secondary N) is 2. The van der Waals surface area contributed by atoms with Gasteiger partial charge in [0.2, 0.25) is 5.91 Å². The van der Waals surface area contributed by atoms with Crippen LogP contribution in [0.3, 0.4) is 0 Å². The van der Waals surface area contributed by atoms with Crippen molar-refractivity contribution in [2.75, 3.05) is 5.32 Å². The summed E-state index contributed by atoms with van der Waals surface area (Å²) in [5.74, 6) is -2.37. The lowest BCUT2D eigenvalue weighted by Crippen LogP contribution is -2.52. The van der Waals surface area contributed by atoms with Crippen LogP contribution in [0.2, 0.25) is 0 Å². The molecule has 3 aromatic rings. The number of hydrogen-bond acceptors (Lipinski definition) is 5. The third-order valence-corrected chi connectivity index (χ3v) is 5.76. The molecule has 0 aromatic heterocycles. The number of hydrogen-bond donors (Lipinski definition) is 3. The predicted molar refractivity (Wildman–Crippen MR) is 154 cm³/mol. The molecule has 0 fully saturated rings. The smallest absolute Gasteiger partial charge is 0.408 e. The van der Waals surface area contributed by atoms with E-state index in [2.05, 4.69) is 23.3 Å². The molecule has 0 heterocycles. The minimum atomic E-state index is -1.48. The SMILES string of the molecule is C#CN(C(=O)C(CC(N)=O)NC(=O)OC(C)(C)C)C(C(=O)Nc1ccc2ccccc2c1)c1cccc(C=C)c1. The Balaban J connectivity index is 2.01. The van der Waals surface area contributed by atoms with E-state index in [9.17, 15) is 19.2 Å². The molecule has 0 spiro atoms. The van der Waals surface area contributed by atoms with Crippen LogP contribution in [0.4, 0.5) is 10.5 Å². The van der Waals surface area contributed by atoms with E-state index in [1.54, 1.807) is 63.2 Å². The van der Waals surface area contributed by atoms with Gasteiger partial charge >= 0.3 is 6.09 Å². The minimum absolute atomic E-state index is 0.386. The fourth-order valence-corrected chi connectivity index (χ4v) is 4.04. The van der Waals surface area contributed by atoms with Crippen molar-refractivity contribution in [1.82, 2.24) is 10.2 Å². The van der Waals surface area contributed by atoms with E-state index < -0.39 is 47.9 Å². The first-order chi connectivity index (χ1) is 18.9. The number of amides is 4. The standard InChI is InChI=1S/C31H32N4O5/c1-6-20-11-10-14-23(17-20)27(28(37)33-24-16-15-21-12-8-9-13-22(21)18-24)35(7-2)29(38)25(19-26(32)36)34-30(39)40-31(3,4)5/h2,6,8-18,25,27H,1,19H2,3-5H3,(H2,32,36)(H,33,37)(H,34,39). The van der Waals surface area contributed by atoms with Crippen LogP contribution < -0.4 is 16.4 Å². The molecule has 3 aromatic carbocycles. The summed E-state index contributed by atoms with van der Waals surface area (Å²) < 4.78 is 5.24. The Morgan fingerprint density at radius 2 is 1.75 bits per heavy atom. The first-order valence-electron chi connectivity index (χ1n) is 12.5. The predicted octanol–water partition coefficient (Wildman–Crippen LogP) is 4.35. The molecule has 0 radical (unpaired) electrons. The maximum Gasteiger partial charge on any atom is 0.408 e. The first kappa shape index (κ1) is 29.5. The Morgan fingerprint density at radius 3 is 2.38 bits per heavy atom. The molecular weight excluding hydrogens is 508 g/mol. The number of benzene rings is 3. The number of nitrogens with two attached hydrogens (primary N) is 1. The van der Waals surface area contributed by atoms with E-state index >= 15 is 0 Å². The van der Waals surface area contributed by atoms with Crippen molar-refractivity contribution >= 4 is 46.4 Å². The van der Waals surface area contributed by atoms with Gasteiger partial charge in [-0.05, 0) is 60.9 Å². The Hall–Kier alpha value is -5.10. The molecule has 0 aliphatic heterocycles. The highest BCUT2D eigenvalue weighted by Gasteiger charge is 2.36. The van der Waals surface area contributed by atoms with Crippen molar-refractivity contribution in [3.63, 3.8) is 0 Å². The molecule has 0 aliphatic carbocycles. The van der Waals surface area contributed by atoms with Crippen LogP contribution in [-0.2, 0) is 19.1 Å². The molecule has 0 aliphatic rings. The summed E-state index contributed by atoms with van der Waals surface area (Å²) in [6.07, 6.45) is 5.85. The monoisotopic (exact) mass is 540 g/mol. The fraction of sp³-hybridized carbons (Fsp3) is 0.226. The lowest BCUT2D eigenvalue weighted by Gasteiger charge is -2.30. The lowest BCUT2D eigenvalue weighted by atomic mass is 10.00. The van der Waals surface area contributed by atoms with Gasteiger partial charge in [-0.1, -0.05) is 67.6 Å². The van der Waals surface area contributed by atoms with Gasteiger partial charge in [0, 0.05) is 11.7 Å². The zero-order valence-corrected chi connectivity index (χ0v) is 22.6. The first-order valence-corrected chi connectivity index (χ1v) is 12.5. The maximum absolute atomic E-state index is 13.8. The zero-order chi connectivity index (χ0) is 29.4. The molecule has 9 nitrogen and oxygen atoms in total. The van der Waals surface area contributed by atoms with Crippen molar-refractivity contribution < 1.29 is 23.9 Å². The van der Waals surface area contributed by atoms with Gasteiger partial charge in [0.25, 0.3) is 11.8 Å². The number of carbonyl (C=O) groups is 4. The summed E-state index contributed by atoms with van der Waals surface area (Å²) in [5, 5.41) is 7.08. The molecule has 3 rings (SSSR count). The van der Waals surface area contributed by atoms with Crippen LogP contribution in [0.25, 0.3) is 16.8 Å². The largest absolute Gasteiger partial charge is 0.444 e. The lowest BCUT2D eigenvalue weighted by molar-refractivity contribution is -0.138. The summed E-state index contributed by atoms with van der Waals surface area (Å²) in [5.41, 5.74) is 6.05. The second-order valence-electron chi connectivity index (χ2n) is 10.0. The number of anilines is 1. The van der Waals surface area contributed by atoms with Crippen molar-refractivity contribution in [2.24, 2.45) is 5.73 Å². The van der Waals surface area contributed by atoms with Crippen LogP contribution in [0.1, 0.15) is 44.4 Å². The van der Waals surface area contributed by atoms with E-state index in [-0.39, 0.29) is 0 Å². The number of terminal acetylenes is 1. The summed E-state index contributed by atoms with van der Waals surface area (Å²) in [6, 6.07) is 19.3. The molecule has 2 atom stereocenters. The molecule has 9 heteroatoms. The second kappa shape index (κ2) is 12.6. The average molecular weight is 541 g/mol. The van der Waals surface area contributed by atoms with E-state index in [0.29, 0.717) is 16.8 Å². The molecule has 0 saturated heterocycles. The molecule has 4 amide bonds. The van der Waals surface area contributed by atoms with Gasteiger partial charge in [-0.2, -0.15) is 0 Å². The van der Waals surface area contributed by atoms with Crippen LogP contribution in [-0.4, -0.2) is 40.4 Å². The quantitative estimate of drug-likeness (QED) is 0.274. The molecule has 2 unspecified atom stereocenters. The fourth-order valence-electron chi connectivity index (χ4n) is 4.04.